The number of nitrogens with zero attached hydrogens (tertiary/aromatic N) is 4. The topological polar surface area (TPSA) is 43.6 Å². The second-order valence-electron chi connectivity index (χ2n) is 11.3. The maximum absolute atomic E-state index is 5.17. The molecule has 0 saturated carbocycles. The second kappa shape index (κ2) is 10.2. The molecule has 0 aliphatic heterocycles. The summed E-state index contributed by atoms with van der Waals surface area (Å²) in [7, 11) is 0. The first-order valence-electron chi connectivity index (χ1n) is 15.1. The Kier molecular flexibility index (Phi) is 5.78. The lowest BCUT2D eigenvalue weighted by atomic mass is 9.91. The number of hydrogen-bond acceptors (Lipinski definition) is 3. The molecule has 0 amide bonds. The van der Waals surface area contributed by atoms with Gasteiger partial charge in [0.25, 0.3) is 0 Å². The molecule has 0 aliphatic carbocycles. The smallest absolute Gasteiger partial charge is 0.0963 e. The van der Waals surface area contributed by atoms with E-state index in [9.17, 15) is 0 Å². The number of fused-ring (bicyclic) bond motifs is 5. The first-order valence-corrected chi connectivity index (χ1v) is 15.1. The molecule has 0 unspecified atom stereocenters. The molecular weight excluding hydrogens is 548 g/mol. The summed E-state index contributed by atoms with van der Waals surface area (Å²) in [6.45, 7) is 0. The van der Waals surface area contributed by atoms with Crippen molar-refractivity contribution in [3.63, 3.8) is 0 Å². The van der Waals surface area contributed by atoms with Gasteiger partial charge < -0.3 is 4.57 Å². The van der Waals surface area contributed by atoms with Crippen LogP contribution in [-0.2, 0) is 0 Å². The Morgan fingerprint density at radius 2 is 1.07 bits per heavy atom. The number of rotatable bonds is 4. The van der Waals surface area contributed by atoms with Crippen molar-refractivity contribution in [2.45, 2.75) is 0 Å². The minimum Gasteiger partial charge on any atom is -0.308 e. The fourth-order valence-electron chi connectivity index (χ4n) is 6.64. The number of pyridine rings is 3. The first-order chi connectivity index (χ1) is 22.3. The monoisotopic (exact) mass is 574 g/mol. The Hall–Kier alpha value is -6.13. The number of hydrogen-bond donors (Lipinski definition) is 0. The Morgan fingerprint density at radius 3 is 1.82 bits per heavy atom. The fourth-order valence-corrected chi connectivity index (χ4v) is 6.64. The van der Waals surface area contributed by atoms with Crippen LogP contribution in [0.25, 0.3) is 82.9 Å². The largest absolute Gasteiger partial charge is 0.308 e. The van der Waals surface area contributed by atoms with Crippen LogP contribution >= 0.6 is 0 Å². The fraction of sp³-hybridized carbons (Fsp3) is 0. The van der Waals surface area contributed by atoms with Gasteiger partial charge in [0.15, 0.2) is 0 Å². The molecule has 0 spiro atoms. The molecule has 0 bridgehead atoms. The van der Waals surface area contributed by atoms with Gasteiger partial charge in [-0.05, 0) is 93.3 Å². The van der Waals surface area contributed by atoms with E-state index in [-0.39, 0.29) is 0 Å². The standard InChI is InChI=1S/C41H26N4/c1-3-12-32-28(10-1)24-29-11-2-4-13-33(29)40(32)30-25-36(44-37(26-30)35-15-7-8-22-42-35)27-18-20-31(21-19-27)45-38-16-6-5-14-34(38)41-39(45)17-9-23-43-41/h1-26H. The summed E-state index contributed by atoms with van der Waals surface area (Å²) in [6, 6.07) is 51.2. The third-order valence-electron chi connectivity index (χ3n) is 8.66. The molecule has 4 aromatic heterocycles. The van der Waals surface area contributed by atoms with Gasteiger partial charge in [-0.3, -0.25) is 9.97 Å². The highest BCUT2D eigenvalue weighted by Crippen LogP contribution is 2.39. The molecule has 0 saturated heterocycles. The molecule has 0 fully saturated rings. The van der Waals surface area contributed by atoms with Crippen molar-refractivity contribution < 1.29 is 0 Å². The van der Waals surface area contributed by atoms with Crippen LogP contribution in [-0.4, -0.2) is 19.5 Å². The van der Waals surface area contributed by atoms with Gasteiger partial charge in [-0.1, -0.05) is 84.9 Å². The van der Waals surface area contributed by atoms with Gasteiger partial charge in [0.1, 0.15) is 0 Å². The molecule has 4 heterocycles. The summed E-state index contributed by atoms with van der Waals surface area (Å²) >= 11 is 0. The third kappa shape index (κ3) is 4.19. The lowest BCUT2D eigenvalue weighted by molar-refractivity contribution is 1.17. The Morgan fingerprint density at radius 1 is 0.422 bits per heavy atom. The van der Waals surface area contributed by atoms with Crippen molar-refractivity contribution in [2.75, 3.05) is 0 Å². The molecule has 45 heavy (non-hydrogen) atoms. The van der Waals surface area contributed by atoms with Gasteiger partial charge >= 0.3 is 0 Å². The van der Waals surface area contributed by atoms with Crippen LogP contribution in [0.4, 0.5) is 0 Å². The minimum atomic E-state index is 0.845. The summed E-state index contributed by atoms with van der Waals surface area (Å²) in [5, 5.41) is 6.02. The van der Waals surface area contributed by atoms with Crippen LogP contribution in [0.15, 0.2) is 158 Å². The van der Waals surface area contributed by atoms with Crippen molar-refractivity contribution in [1.29, 1.82) is 0 Å². The van der Waals surface area contributed by atoms with E-state index in [2.05, 4.69) is 131 Å². The highest BCUT2D eigenvalue weighted by molar-refractivity contribution is 6.13. The van der Waals surface area contributed by atoms with Gasteiger partial charge in [0, 0.05) is 29.0 Å². The van der Waals surface area contributed by atoms with E-state index >= 15 is 0 Å². The predicted molar refractivity (Wildman–Crippen MR) is 185 cm³/mol. The Labute approximate surface area is 259 Å². The molecule has 0 N–H and O–H groups in total. The lowest BCUT2D eigenvalue weighted by Gasteiger charge is -2.15. The second-order valence-corrected chi connectivity index (χ2v) is 11.3. The van der Waals surface area contributed by atoms with Crippen LogP contribution in [0.3, 0.4) is 0 Å². The average molecular weight is 575 g/mol. The van der Waals surface area contributed by atoms with Crippen molar-refractivity contribution >= 4 is 43.5 Å². The highest BCUT2D eigenvalue weighted by atomic mass is 15.0. The summed E-state index contributed by atoms with van der Waals surface area (Å²) in [5.74, 6) is 0. The molecule has 0 atom stereocenters. The van der Waals surface area contributed by atoms with E-state index in [1.54, 1.807) is 0 Å². The minimum absolute atomic E-state index is 0.845. The average Bonchev–Trinajstić information content (AvgIpc) is 3.45. The zero-order valence-corrected chi connectivity index (χ0v) is 24.3. The Balaban J connectivity index is 1.25. The van der Waals surface area contributed by atoms with Crippen molar-refractivity contribution in [3.8, 4) is 39.5 Å². The third-order valence-corrected chi connectivity index (χ3v) is 8.66. The maximum atomic E-state index is 5.17. The molecule has 9 rings (SSSR count). The van der Waals surface area contributed by atoms with Crippen molar-refractivity contribution in [2.24, 2.45) is 0 Å². The SMILES string of the molecule is c1ccc(-c2cc(-c3c4ccccc4cc4ccccc34)cc(-c3ccc(-n4c5ccccc5c5ncccc54)cc3)n2)nc1. The molecule has 4 nitrogen and oxygen atoms in total. The van der Waals surface area contributed by atoms with E-state index in [1.165, 1.54) is 27.1 Å². The van der Waals surface area contributed by atoms with Crippen LogP contribution in [0, 0.1) is 0 Å². The van der Waals surface area contributed by atoms with E-state index in [0.29, 0.717) is 0 Å². The van der Waals surface area contributed by atoms with Gasteiger partial charge in [-0.15, -0.1) is 0 Å². The van der Waals surface area contributed by atoms with E-state index in [0.717, 1.165) is 55.8 Å². The van der Waals surface area contributed by atoms with Gasteiger partial charge in [-0.2, -0.15) is 0 Å². The summed E-state index contributed by atoms with van der Waals surface area (Å²) in [6.07, 6.45) is 3.69. The molecule has 210 valence electrons. The van der Waals surface area contributed by atoms with Crippen molar-refractivity contribution in [1.82, 2.24) is 19.5 Å². The maximum Gasteiger partial charge on any atom is 0.0963 e. The first kappa shape index (κ1) is 25.4. The molecule has 0 radical (unpaired) electrons. The molecule has 4 heteroatoms. The van der Waals surface area contributed by atoms with Crippen molar-refractivity contribution in [3.05, 3.63) is 158 Å². The molecule has 0 aliphatic rings. The number of para-hydroxylation sites is 1. The van der Waals surface area contributed by atoms with E-state index in [1.807, 2.05) is 36.7 Å². The number of aromatic nitrogens is 4. The molecular formula is C41H26N4. The number of benzene rings is 5. The zero-order valence-electron chi connectivity index (χ0n) is 24.3. The van der Waals surface area contributed by atoms with E-state index in [4.69, 9.17) is 9.97 Å². The highest BCUT2D eigenvalue weighted by Gasteiger charge is 2.16. The summed E-state index contributed by atoms with van der Waals surface area (Å²) < 4.78 is 2.28. The lowest BCUT2D eigenvalue weighted by Crippen LogP contribution is -1.96. The van der Waals surface area contributed by atoms with Crippen LogP contribution in [0.2, 0.25) is 0 Å². The van der Waals surface area contributed by atoms with E-state index < -0.39 is 0 Å². The Bertz CT molecular complexity index is 2420. The van der Waals surface area contributed by atoms with Gasteiger partial charge in [-0.25, -0.2) is 4.98 Å². The van der Waals surface area contributed by atoms with Gasteiger partial charge in [0.2, 0.25) is 0 Å². The predicted octanol–water partition coefficient (Wildman–Crippen LogP) is 10.3. The summed E-state index contributed by atoms with van der Waals surface area (Å²) in [4.78, 5) is 14.6. The normalized spacial score (nSPS) is 11.6. The van der Waals surface area contributed by atoms with Crippen LogP contribution < -0.4 is 0 Å². The zero-order chi connectivity index (χ0) is 29.7. The molecule has 9 aromatic rings. The van der Waals surface area contributed by atoms with Crippen LogP contribution in [0.5, 0.6) is 0 Å². The summed E-state index contributed by atoms with van der Waals surface area (Å²) in [5.41, 5.74) is 10.3. The van der Waals surface area contributed by atoms with Gasteiger partial charge in [0.05, 0.1) is 33.6 Å². The quantitative estimate of drug-likeness (QED) is 0.196. The van der Waals surface area contributed by atoms with Crippen LogP contribution in [0.1, 0.15) is 0 Å². The molecule has 5 aromatic carbocycles.